The summed E-state index contributed by atoms with van der Waals surface area (Å²) in [6, 6.07) is 3.93. The number of hydrogen-bond donors (Lipinski definition) is 8. The Bertz CT molecular complexity index is 883. The van der Waals surface area contributed by atoms with E-state index in [9.17, 15) is 24.0 Å². The summed E-state index contributed by atoms with van der Waals surface area (Å²) in [5, 5.41) is 34.2. The Morgan fingerprint density at radius 2 is 1.36 bits per heavy atom. The van der Waals surface area contributed by atoms with Crippen LogP contribution in [0.2, 0.25) is 0 Å². The zero-order chi connectivity index (χ0) is 27.1. The van der Waals surface area contributed by atoms with E-state index < -0.39 is 66.9 Å². The van der Waals surface area contributed by atoms with Crippen LogP contribution in [0.1, 0.15) is 37.7 Å². The van der Waals surface area contributed by atoms with E-state index in [0.29, 0.717) is 19.4 Å². The Balaban J connectivity index is 2.96. The van der Waals surface area contributed by atoms with E-state index >= 15 is 0 Å². The van der Waals surface area contributed by atoms with Crippen LogP contribution in [0.4, 0.5) is 0 Å². The van der Waals surface area contributed by atoms with Gasteiger partial charge < -0.3 is 42.7 Å². The lowest BCUT2D eigenvalue weighted by atomic mass is 10.0. The lowest BCUT2D eigenvalue weighted by Crippen LogP contribution is -2.57. The minimum atomic E-state index is -1.64. The average Bonchev–Trinajstić information content (AvgIpc) is 2.84. The Kier molecular flexibility index (Phi) is 13.7. The molecule has 13 heteroatoms. The number of hydrogen-bond acceptors (Lipinski definition) is 8. The van der Waals surface area contributed by atoms with E-state index in [1.807, 2.05) is 6.07 Å². The summed E-state index contributed by atoms with van der Waals surface area (Å²) in [5.74, 6) is -5.09. The van der Waals surface area contributed by atoms with E-state index in [4.69, 9.17) is 26.8 Å². The third kappa shape index (κ3) is 11.3. The highest BCUT2D eigenvalue weighted by atomic mass is 16.4. The zero-order valence-corrected chi connectivity index (χ0v) is 19.9. The van der Waals surface area contributed by atoms with Gasteiger partial charge in [0, 0.05) is 6.42 Å². The summed E-state index contributed by atoms with van der Waals surface area (Å²) < 4.78 is 0. The molecule has 200 valence electrons. The van der Waals surface area contributed by atoms with Gasteiger partial charge in [0.1, 0.15) is 18.1 Å². The number of aliphatic hydroxyl groups excluding tert-OH is 1. The molecular weight excluding hydrogens is 474 g/mol. The van der Waals surface area contributed by atoms with Crippen LogP contribution in [-0.2, 0) is 30.4 Å². The summed E-state index contributed by atoms with van der Waals surface area (Å²) in [6.45, 7) is -0.547. The molecule has 0 aliphatic carbocycles. The van der Waals surface area contributed by atoms with Crippen molar-refractivity contribution < 1.29 is 39.3 Å². The first kappa shape index (κ1) is 30.5. The number of carboxylic acids is 2. The van der Waals surface area contributed by atoms with Gasteiger partial charge in [0.05, 0.1) is 12.6 Å². The quantitative estimate of drug-likeness (QED) is 0.108. The van der Waals surface area contributed by atoms with Crippen molar-refractivity contribution in [1.82, 2.24) is 16.0 Å². The molecule has 36 heavy (non-hydrogen) atoms. The summed E-state index contributed by atoms with van der Waals surface area (Å²) >= 11 is 0. The van der Waals surface area contributed by atoms with Gasteiger partial charge >= 0.3 is 11.9 Å². The number of unbranched alkanes of at least 4 members (excludes halogenated alkanes) is 1. The highest BCUT2D eigenvalue weighted by Gasteiger charge is 2.30. The molecule has 1 aromatic rings. The Morgan fingerprint density at radius 3 is 1.89 bits per heavy atom. The lowest BCUT2D eigenvalue weighted by Gasteiger charge is -2.25. The maximum Gasteiger partial charge on any atom is 0.328 e. The van der Waals surface area contributed by atoms with Crippen molar-refractivity contribution in [3.8, 4) is 0 Å². The van der Waals surface area contributed by atoms with Crippen molar-refractivity contribution in [3.63, 3.8) is 0 Å². The van der Waals surface area contributed by atoms with Gasteiger partial charge in [-0.1, -0.05) is 30.3 Å². The second-order valence-electron chi connectivity index (χ2n) is 8.22. The minimum absolute atomic E-state index is 0.175. The smallest absolute Gasteiger partial charge is 0.328 e. The molecule has 13 nitrogen and oxygen atoms in total. The summed E-state index contributed by atoms with van der Waals surface area (Å²) in [5.41, 5.74) is 12.3. The van der Waals surface area contributed by atoms with Gasteiger partial charge in [-0.05, 0) is 44.2 Å². The lowest BCUT2D eigenvalue weighted by molar-refractivity contribution is -0.144. The molecule has 0 saturated heterocycles. The van der Waals surface area contributed by atoms with Crippen LogP contribution in [0, 0.1) is 0 Å². The van der Waals surface area contributed by atoms with Crippen LogP contribution in [0.25, 0.3) is 0 Å². The zero-order valence-electron chi connectivity index (χ0n) is 19.9. The number of benzene rings is 1. The fourth-order valence-electron chi connectivity index (χ4n) is 3.27. The molecular formula is C23H35N5O8. The number of carbonyl (C=O) groups is 5. The fraction of sp³-hybridized carbons (Fsp3) is 0.522. The summed E-state index contributed by atoms with van der Waals surface area (Å²) in [6.07, 6.45) is 0.596. The molecule has 0 aromatic heterocycles. The molecule has 1 rings (SSSR count). The van der Waals surface area contributed by atoms with E-state index in [2.05, 4.69) is 16.0 Å². The van der Waals surface area contributed by atoms with E-state index in [1.54, 1.807) is 24.3 Å². The number of aliphatic carboxylic acids is 2. The Hall–Kier alpha value is -3.55. The third-order valence-electron chi connectivity index (χ3n) is 5.29. The largest absolute Gasteiger partial charge is 0.481 e. The standard InChI is InChI=1S/C23H35N5O8/c24-11-5-4-8-16(26-20(32)15(25)12-14-6-2-1-3-7-14)21(33)27-17(9-10-19(30)31)22(34)28-18(13-29)23(35)36/h1-3,6-7,15-18,29H,4-5,8-13,24-25H2,(H,26,32)(H,27,33)(H,28,34)(H,30,31)(H,35,36). The number of nitrogens with one attached hydrogen (secondary N) is 3. The molecule has 3 amide bonds. The molecule has 4 atom stereocenters. The van der Waals surface area contributed by atoms with Crippen molar-refractivity contribution in [2.75, 3.05) is 13.2 Å². The first-order valence-electron chi connectivity index (χ1n) is 11.5. The van der Waals surface area contributed by atoms with Crippen LogP contribution in [0.3, 0.4) is 0 Å². The molecule has 0 fully saturated rings. The fourth-order valence-corrected chi connectivity index (χ4v) is 3.27. The molecule has 1 aromatic carbocycles. The monoisotopic (exact) mass is 509 g/mol. The third-order valence-corrected chi connectivity index (χ3v) is 5.29. The van der Waals surface area contributed by atoms with E-state index in [-0.39, 0.29) is 19.3 Å². The topological polar surface area (TPSA) is 234 Å². The second-order valence-corrected chi connectivity index (χ2v) is 8.22. The predicted molar refractivity (Wildman–Crippen MR) is 128 cm³/mol. The second kappa shape index (κ2) is 16.2. The van der Waals surface area contributed by atoms with Gasteiger partial charge in [0.15, 0.2) is 0 Å². The Labute approximate surface area is 208 Å². The van der Waals surface area contributed by atoms with Gasteiger partial charge in [0.2, 0.25) is 17.7 Å². The maximum absolute atomic E-state index is 13.0. The number of carbonyl (C=O) groups excluding carboxylic acids is 3. The number of aliphatic hydroxyl groups is 1. The van der Waals surface area contributed by atoms with Gasteiger partial charge in [-0.3, -0.25) is 19.2 Å². The van der Waals surface area contributed by atoms with Crippen molar-refractivity contribution in [2.24, 2.45) is 11.5 Å². The molecule has 0 aliphatic heterocycles. The molecule has 0 spiro atoms. The van der Waals surface area contributed by atoms with Crippen LogP contribution in [0.15, 0.2) is 30.3 Å². The van der Waals surface area contributed by atoms with Crippen LogP contribution in [-0.4, -0.2) is 82.3 Å². The molecule has 10 N–H and O–H groups in total. The number of rotatable bonds is 17. The van der Waals surface area contributed by atoms with Crippen LogP contribution in [0.5, 0.6) is 0 Å². The van der Waals surface area contributed by atoms with Crippen molar-refractivity contribution >= 4 is 29.7 Å². The predicted octanol–water partition coefficient (Wildman–Crippen LogP) is -1.92. The maximum atomic E-state index is 13.0. The highest BCUT2D eigenvalue weighted by Crippen LogP contribution is 2.07. The van der Waals surface area contributed by atoms with Crippen LogP contribution < -0.4 is 27.4 Å². The Morgan fingerprint density at radius 1 is 0.806 bits per heavy atom. The number of nitrogens with two attached hydrogens (primary N) is 2. The highest BCUT2D eigenvalue weighted by molar-refractivity contribution is 5.94. The number of amides is 3. The average molecular weight is 510 g/mol. The van der Waals surface area contributed by atoms with Crippen molar-refractivity contribution in [1.29, 1.82) is 0 Å². The van der Waals surface area contributed by atoms with Crippen LogP contribution >= 0.6 is 0 Å². The van der Waals surface area contributed by atoms with Crippen molar-refractivity contribution in [2.45, 2.75) is 62.7 Å². The van der Waals surface area contributed by atoms with Gasteiger partial charge in [0.25, 0.3) is 0 Å². The first-order chi connectivity index (χ1) is 17.1. The van der Waals surface area contributed by atoms with E-state index in [0.717, 1.165) is 5.56 Å². The molecule has 0 heterocycles. The minimum Gasteiger partial charge on any atom is -0.481 e. The van der Waals surface area contributed by atoms with Gasteiger partial charge in [-0.15, -0.1) is 0 Å². The van der Waals surface area contributed by atoms with Gasteiger partial charge in [-0.2, -0.15) is 0 Å². The van der Waals surface area contributed by atoms with Gasteiger partial charge in [-0.25, -0.2) is 4.79 Å². The molecule has 0 bridgehead atoms. The molecule has 0 saturated carbocycles. The molecule has 4 unspecified atom stereocenters. The van der Waals surface area contributed by atoms with Crippen molar-refractivity contribution in [3.05, 3.63) is 35.9 Å². The summed E-state index contributed by atoms with van der Waals surface area (Å²) in [7, 11) is 0. The SMILES string of the molecule is NCCCCC(NC(=O)C(N)Cc1ccccc1)C(=O)NC(CCC(=O)O)C(=O)NC(CO)C(=O)O. The summed E-state index contributed by atoms with van der Waals surface area (Å²) in [4.78, 5) is 60.4. The molecule has 0 radical (unpaired) electrons. The van der Waals surface area contributed by atoms with E-state index in [1.165, 1.54) is 0 Å². The normalized spacial score (nSPS) is 14.1. The number of carboxylic acid groups (broad SMARTS) is 2. The first-order valence-corrected chi connectivity index (χ1v) is 11.5. The molecule has 0 aliphatic rings.